The summed E-state index contributed by atoms with van der Waals surface area (Å²) in [5.74, 6) is -0.530. The number of carbonyl (C=O) groups excluding carboxylic acids is 1. The second kappa shape index (κ2) is 4.81. The van der Waals surface area contributed by atoms with Gasteiger partial charge < -0.3 is 15.6 Å². The first-order chi connectivity index (χ1) is 8.97. The Hall–Kier alpha value is -2.83. The van der Waals surface area contributed by atoms with Gasteiger partial charge in [-0.05, 0) is 25.1 Å². The van der Waals surface area contributed by atoms with Gasteiger partial charge in [0, 0.05) is 11.6 Å². The molecule has 1 aromatic carbocycles. The highest BCUT2D eigenvalue weighted by Gasteiger charge is 2.13. The molecule has 0 aliphatic carbocycles. The second-order valence-electron chi connectivity index (χ2n) is 3.82. The molecule has 3 N–H and O–H groups in total. The quantitative estimate of drug-likeness (QED) is 0.810. The van der Waals surface area contributed by atoms with Crippen LogP contribution in [-0.4, -0.2) is 26.9 Å². The van der Waals surface area contributed by atoms with Crippen molar-refractivity contribution in [2.75, 3.05) is 0 Å². The number of aromatic nitrogens is 2. The lowest BCUT2D eigenvalue weighted by Gasteiger charge is -2.06. The van der Waals surface area contributed by atoms with Crippen LogP contribution < -0.4 is 10.5 Å². The lowest BCUT2D eigenvalue weighted by Crippen LogP contribution is -2.12. The molecule has 0 bridgehead atoms. The molecule has 7 heteroatoms. The number of nitrogens with two attached hydrogens (primary N) is 1. The van der Waals surface area contributed by atoms with Crippen LogP contribution in [0, 0.1) is 6.92 Å². The van der Waals surface area contributed by atoms with Crippen molar-refractivity contribution in [2.45, 2.75) is 6.92 Å². The largest absolute Gasteiger partial charge is 0.512 e. The lowest BCUT2D eigenvalue weighted by atomic mass is 10.2. The van der Waals surface area contributed by atoms with Gasteiger partial charge in [-0.1, -0.05) is 6.07 Å². The van der Waals surface area contributed by atoms with Gasteiger partial charge >= 0.3 is 6.16 Å². The standard InChI is InChI=1S/C12H11N3O4/c1-7-5-10(19-12(17)18)15(14-7)9-4-2-3-8(6-9)11(13)16/h2-6H,1H3,(H2,13,16)(H,17,18). The van der Waals surface area contributed by atoms with Crippen LogP contribution in [-0.2, 0) is 0 Å². The van der Waals surface area contributed by atoms with E-state index in [0.29, 0.717) is 16.9 Å². The fourth-order valence-electron chi connectivity index (χ4n) is 1.61. The maximum Gasteiger partial charge on any atom is 0.512 e. The van der Waals surface area contributed by atoms with Gasteiger partial charge in [0.2, 0.25) is 11.8 Å². The molecule has 0 saturated heterocycles. The van der Waals surface area contributed by atoms with Crippen molar-refractivity contribution in [1.29, 1.82) is 0 Å². The van der Waals surface area contributed by atoms with E-state index in [-0.39, 0.29) is 5.88 Å². The molecule has 0 aliphatic rings. The first-order valence-corrected chi connectivity index (χ1v) is 5.35. The van der Waals surface area contributed by atoms with Crippen LogP contribution in [0.4, 0.5) is 4.79 Å². The maximum absolute atomic E-state index is 11.1. The Morgan fingerprint density at radius 3 is 2.74 bits per heavy atom. The summed E-state index contributed by atoms with van der Waals surface area (Å²) >= 11 is 0. The Kier molecular flexibility index (Phi) is 3.19. The number of primary amides is 1. The molecule has 0 atom stereocenters. The molecule has 1 aromatic heterocycles. The average molecular weight is 261 g/mol. The zero-order chi connectivity index (χ0) is 14.0. The van der Waals surface area contributed by atoms with E-state index in [1.54, 1.807) is 25.1 Å². The predicted octanol–water partition coefficient (Wildman–Crippen LogP) is 1.34. The number of carbonyl (C=O) groups is 2. The molecule has 0 spiro atoms. The van der Waals surface area contributed by atoms with Crippen molar-refractivity contribution in [2.24, 2.45) is 5.73 Å². The Bertz CT molecular complexity index is 648. The van der Waals surface area contributed by atoms with E-state index in [9.17, 15) is 9.59 Å². The maximum atomic E-state index is 11.1. The van der Waals surface area contributed by atoms with Gasteiger partial charge in [-0.2, -0.15) is 5.10 Å². The summed E-state index contributed by atoms with van der Waals surface area (Å²) in [4.78, 5) is 21.7. The van der Waals surface area contributed by atoms with Crippen LogP contribution in [0.3, 0.4) is 0 Å². The third-order valence-corrected chi connectivity index (χ3v) is 2.37. The molecule has 0 unspecified atom stereocenters. The zero-order valence-corrected chi connectivity index (χ0v) is 10.0. The average Bonchev–Trinajstić information content (AvgIpc) is 2.69. The van der Waals surface area contributed by atoms with Crippen molar-refractivity contribution in [3.05, 3.63) is 41.6 Å². The highest BCUT2D eigenvalue weighted by molar-refractivity contribution is 5.93. The second-order valence-corrected chi connectivity index (χ2v) is 3.82. The van der Waals surface area contributed by atoms with E-state index in [0.717, 1.165) is 0 Å². The summed E-state index contributed by atoms with van der Waals surface area (Å²) in [6.45, 7) is 1.70. The molecule has 0 aliphatic heterocycles. The number of aryl methyl sites for hydroxylation is 1. The molecule has 7 nitrogen and oxygen atoms in total. The van der Waals surface area contributed by atoms with Crippen LogP contribution in [0.5, 0.6) is 5.88 Å². The first kappa shape index (κ1) is 12.6. The number of carboxylic acid groups (broad SMARTS) is 1. The lowest BCUT2D eigenvalue weighted by molar-refractivity contribution is 0.1000. The summed E-state index contributed by atoms with van der Waals surface area (Å²) < 4.78 is 5.91. The van der Waals surface area contributed by atoms with Crippen LogP contribution in [0.1, 0.15) is 16.1 Å². The number of benzene rings is 1. The van der Waals surface area contributed by atoms with Gasteiger partial charge in [0.25, 0.3) is 0 Å². The fourth-order valence-corrected chi connectivity index (χ4v) is 1.61. The van der Waals surface area contributed by atoms with E-state index in [1.807, 2.05) is 0 Å². The van der Waals surface area contributed by atoms with E-state index in [2.05, 4.69) is 9.84 Å². The molecule has 19 heavy (non-hydrogen) atoms. The van der Waals surface area contributed by atoms with Gasteiger partial charge in [0.05, 0.1) is 11.4 Å². The fraction of sp³-hybridized carbons (Fsp3) is 0.0833. The molecular formula is C12H11N3O4. The predicted molar refractivity (Wildman–Crippen MR) is 65.5 cm³/mol. The van der Waals surface area contributed by atoms with Crippen LogP contribution in [0.25, 0.3) is 5.69 Å². The summed E-state index contributed by atoms with van der Waals surface area (Å²) in [6.07, 6.45) is -1.44. The number of amides is 1. The van der Waals surface area contributed by atoms with Crippen LogP contribution in [0.15, 0.2) is 30.3 Å². The van der Waals surface area contributed by atoms with E-state index < -0.39 is 12.1 Å². The van der Waals surface area contributed by atoms with Crippen molar-refractivity contribution in [1.82, 2.24) is 9.78 Å². The summed E-state index contributed by atoms with van der Waals surface area (Å²) in [6, 6.07) is 7.82. The van der Waals surface area contributed by atoms with Crippen molar-refractivity contribution in [3.8, 4) is 11.6 Å². The minimum Gasteiger partial charge on any atom is -0.449 e. The normalized spacial score (nSPS) is 10.2. The molecule has 2 aromatic rings. The Morgan fingerprint density at radius 2 is 2.11 bits per heavy atom. The van der Waals surface area contributed by atoms with Crippen molar-refractivity contribution < 1.29 is 19.4 Å². The molecular weight excluding hydrogens is 250 g/mol. The summed E-state index contributed by atoms with van der Waals surface area (Å²) in [5, 5.41) is 12.8. The Labute approximate surface area is 108 Å². The Morgan fingerprint density at radius 1 is 1.37 bits per heavy atom. The van der Waals surface area contributed by atoms with Crippen LogP contribution >= 0.6 is 0 Å². The summed E-state index contributed by atoms with van der Waals surface area (Å²) in [7, 11) is 0. The molecule has 0 radical (unpaired) electrons. The zero-order valence-electron chi connectivity index (χ0n) is 10.0. The Balaban J connectivity index is 2.49. The highest BCUT2D eigenvalue weighted by Crippen LogP contribution is 2.20. The van der Waals surface area contributed by atoms with E-state index in [1.165, 1.54) is 16.8 Å². The first-order valence-electron chi connectivity index (χ1n) is 5.35. The highest BCUT2D eigenvalue weighted by atomic mass is 16.7. The van der Waals surface area contributed by atoms with Crippen molar-refractivity contribution >= 4 is 12.1 Å². The van der Waals surface area contributed by atoms with Crippen molar-refractivity contribution in [3.63, 3.8) is 0 Å². The minimum absolute atomic E-state index is 0.0478. The number of hydrogen-bond donors (Lipinski definition) is 2. The van der Waals surface area contributed by atoms with Gasteiger partial charge in [-0.15, -0.1) is 0 Å². The minimum atomic E-state index is -1.44. The third-order valence-electron chi connectivity index (χ3n) is 2.37. The smallest absolute Gasteiger partial charge is 0.449 e. The van der Waals surface area contributed by atoms with Gasteiger partial charge in [0.15, 0.2) is 0 Å². The molecule has 1 amide bonds. The number of rotatable bonds is 3. The molecule has 1 heterocycles. The number of nitrogens with zero attached hydrogens (tertiary/aromatic N) is 2. The van der Waals surface area contributed by atoms with Gasteiger partial charge in [-0.25, -0.2) is 9.48 Å². The number of hydrogen-bond acceptors (Lipinski definition) is 4. The monoisotopic (exact) mass is 261 g/mol. The topological polar surface area (TPSA) is 107 Å². The van der Waals surface area contributed by atoms with Crippen LogP contribution in [0.2, 0.25) is 0 Å². The molecule has 2 rings (SSSR count). The summed E-state index contributed by atoms with van der Waals surface area (Å²) in [5.41, 5.74) is 6.56. The van der Waals surface area contributed by atoms with E-state index in [4.69, 9.17) is 10.8 Å². The molecule has 0 fully saturated rings. The molecule has 98 valence electrons. The van der Waals surface area contributed by atoms with Gasteiger partial charge in [0.1, 0.15) is 0 Å². The third kappa shape index (κ3) is 2.71. The SMILES string of the molecule is Cc1cc(OC(=O)O)n(-c2cccc(C(N)=O)c2)n1. The number of ether oxygens (including phenoxy) is 1. The molecule has 0 saturated carbocycles. The van der Waals surface area contributed by atoms with E-state index >= 15 is 0 Å². The van der Waals surface area contributed by atoms with Gasteiger partial charge in [-0.3, -0.25) is 4.79 Å².